The minimum absolute atomic E-state index is 0.0146. The summed E-state index contributed by atoms with van der Waals surface area (Å²) in [7, 11) is 0. The summed E-state index contributed by atoms with van der Waals surface area (Å²) >= 11 is 0. The second kappa shape index (κ2) is 4.80. The number of ketones is 1. The standard InChI is InChI=1S/C14H17NO3/c1-9(16)14-13(7-8-15(14)10(2)17)11-3-5-12(18)6-4-11/h3-6,13-14,18H,7-8H2,1-2H3/t13?,14-/m1/s1. The molecule has 4 heteroatoms. The first kappa shape index (κ1) is 12.6. The Labute approximate surface area is 106 Å². The van der Waals surface area contributed by atoms with Crippen LogP contribution < -0.4 is 0 Å². The van der Waals surface area contributed by atoms with Crippen LogP contribution in [0.4, 0.5) is 0 Å². The predicted octanol–water partition coefficient (Wildman–Crippen LogP) is 1.69. The van der Waals surface area contributed by atoms with Crippen LogP contribution in [0.5, 0.6) is 5.75 Å². The average Bonchev–Trinajstić information content (AvgIpc) is 2.74. The fourth-order valence-corrected chi connectivity index (χ4v) is 2.72. The summed E-state index contributed by atoms with van der Waals surface area (Å²) in [4.78, 5) is 24.9. The molecule has 1 aromatic carbocycles. The van der Waals surface area contributed by atoms with Gasteiger partial charge in [0.25, 0.3) is 0 Å². The van der Waals surface area contributed by atoms with Crippen LogP contribution in [-0.4, -0.2) is 34.3 Å². The van der Waals surface area contributed by atoms with Crippen LogP contribution in [0.2, 0.25) is 0 Å². The first-order chi connectivity index (χ1) is 8.50. The van der Waals surface area contributed by atoms with Crippen molar-refractivity contribution >= 4 is 11.7 Å². The maximum atomic E-state index is 11.8. The maximum absolute atomic E-state index is 11.8. The molecule has 18 heavy (non-hydrogen) atoms. The lowest BCUT2D eigenvalue weighted by Crippen LogP contribution is -2.40. The number of likely N-dealkylation sites (tertiary alicyclic amines) is 1. The van der Waals surface area contributed by atoms with Crippen LogP contribution in [0.3, 0.4) is 0 Å². The zero-order valence-corrected chi connectivity index (χ0v) is 10.6. The summed E-state index contributed by atoms with van der Waals surface area (Å²) in [6.45, 7) is 3.64. The van der Waals surface area contributed by atoms with E-state index in [9.17, 15) is 14.7 Å². The van der Waals surface area contributed by atoms with Gasteiger partial charge in [-0.05, 0) is 31.0 Å². The van der Waals surface area contributed by atoms with E-state index in [2.05, 4.69) is 0 Å². The minimum atomic E-state index is -0.368. The number of Topliss-reactive ketones (excluding diaryl/α,β-unsaturated/α-hetero) is 1. The van der Waals surface area contributed by atoms with Crippen LogP contribution in [0, 0.1) is 0 Å². The SMILES string of the molecule is CC(=O)[C@@H]1C(c2ccc(O)cc2)CCN1C(C)=O. The number of carbonyl (C=O) groups excluding carboxylic acids is 2. The van der Waals surface area contributed by atoms with Crippen LogP contribution in [0.25, 0.3) is 0 Å². The molecule has 1 unspecified atom stereocenters. The van der Waals surface area contributed by atoms with Gasteiger partial charge in [0.1, 0.15) is 5.75 Å². The average molecular weight is 247 g/mol. The Morgan fingerprint density at radius 3 is 2.33 bits per heavy atom. The van der Waals surface area contributed by atoms with Gasteiger partial charge in [-0.15, -0.1) is 0 Å². The molecule has 2 rings (SSSR count). The maximum Gasteiger partial charge on any atom is 0.220 e. The van der Waals surface area contributed by atoms with E-state index < -0.39 is 0 Å². The molecule has 4 nitrogen and oxygen atoms in total. The molecule has 0 saturated carbocycles. The van der Waals surface area contributed by atoms with Gasteiger partial charge in [-0.2, -0.15) is 0 Å². The fraction of sp³-hybridized carbons (Fsp3) is 0.429. The smallest absolute Gasteiger partial charge is 0.220 e. The van der Waals surface area contributed by atoms with Crippen LogP contribution in [0.15, 0.2) is 24.3 Å². The summed E-state index contributed by atoms with van der Waals surface area (Å²) in [6, 6.07) is 6.50. The zero-order valence-electron chi connectivity index (χ0n) is 10.6. The first-order valence-corrected chi connectivity index (χ1v) is 6.07. The third-order valence-corrected chi connectivity index (χ3v) is 3.54. The minimum Gasteiger partial charge on any atom is -0.508 e. The molecule has 1 amide bonds. The second-order valence-corrected chi connectivity index (χ2v) is 4.75. The lowest BCUT2D eigenvalue weighted by atomic mass is 9.89. The number of hydrogen-bond donors (Lipinski definition) is 1. The normalized spacial score (nSPS) is 23.1. The molecule has 1 heterocycles. The Balaban J connectivity index is 2.30. The van der Waals surface area contributed by atoms with Gasteiger partial charge < -0.3 is 10.0 Å². The molecular formula is C14H17NO3. The Bertz CT molecular complexity index is 466. The van der Waals surface area contributed by atoms with Crippen LogP contribution >= 0.6 is 0 Å². The highest BCUT2D eigenvalue weighted by molar-refractivity contribution is 5.88. The third kappa shape index (κ3) is 2.23. The van der Waals surface area contributed by atoms with Gasteiger partial charge >= 0.3 is 0 Å². The van der Waals surface area contributed by atoms with E-state index in [0.29, 0.717) is 6.54 Å². The van der Waals surface area contributed by atoms with Crippen molar-refractivity contribution in [3.05, 3.63) is 29.8 Å². The van der Waals surface area contributed by atoms with Gasteiger partial charge in [0.05, 0.1) is 6.04 Å². The lowest BCUT2D eigenvalue weighted by molar-refractivity contribution is -0.135. The highest BCUT2D eigenvalue weighted by Crippen LogP contribution is 2.34. The van der Waals surface area contributed by atoms with Crippen molar-refractivity contribution in [1.29, 1.82) is 0 Å². The molecule has 0 spiro atoms. The summed E-state index contributed by atoms with van der Waals surface area (Å²) in [5, 5.41) is 9.28. The van der Waals surface area contributed by atoms with Crippen molar-refractivity contribution in [3.63, 3.8) is 0 Å². The summed E-state index contributed by atoms with van der Waals surface area (Å²) < 4.78 is 0. The van der Waals surface area contributed by atoms with Gasteiger partial charge in [-0.25, -0.2) is 0 Å². The Kier molecular flexibility index (Phi) is 3.36. The Morgan fingerprint density at radius 1 is 1.22 bits per heavy atom. The number of carbonyl (C=O) groups is 2. The van der Waals surface area contributed by atoms with E-state index in [1.165, 1.54) is 13.8 Å². The Hall–Kier alpha value is -1.84. The van der Waals surface area contributed by atoms with Crippen molar-refractivity contribution in [1.82, 2.24) is 4.90 Å². The number of phenols is 1. The van der Waals surface area contributed by atoms with Crippen molar-refractivity contribution in [2.24, 2.45) is 0 Å². The predicted molar refractivity (Wildman–Crippen MR) is 67.3 cm³/mol. The molecule has 0 aromatic heterocycles. The molecule has 1 saturated heterocycles. The van der Waals surface area contributed by atoms with Gasteiger partial charge in [0.15, 0.2) is 5.78 Å². The molecule has 1 aromatic rings. The van der Waals surface area contributed by atoms with Gasteiger partial charge in [0, 0.05) is 19.4 Å². The molecule has 1 fully saturated rings. The molecule has 1 N–H and O–H groups in total. The van der Waals surface area contributed by atoms with Gasteiger partial charge in [-0.3, -0.25) is 9.59 Å². The van der Waals surface area contributed by atoms with E-state index in [1.54, 1.807) is 17.0 Å². The highest BCUT2D eigenvalue weighted by Gasteiger charge is 2.39. The number of hydrogen-bond acceptors (Lipinski definition) is 3. The number of benzene rings is 1. The molecule has 1 aliphatic heterocycles. The molecule has 0 aliphatic carbocycles. The van der Waals surface area contributed by atoms with Crippen molar-refractivity contribution in [2.45, 2.75) is 32.2 Å². The van der Waals surface area contributed by atoms with E-state index in [4.69, 9.17) is 0 Å². The Morgan fingerprint density at radius 2 is 1.83 bits per heavy atom. The van der Waals surface area contributed by atoms with Crippen molar-refractivity contribution in [2.75, 3.05) is 6.54 Å². The lowest BCUT2D eigenvalue weighted by Gasteiger charge is -2.25. The molecule has 0 bridgehead atoms. The van der Waals surface area contributed by atoms with Crippen LogP contribution in [-0.2, 0) is 9.59 Å². The monoisotopic (exact) mass is 247 g/mol. The third-order valence-electron chi connectivity index (χ3n) is 3.54. The highest BCUT2D eigenvalue weighted by atomic mass is 16.3. The van der Waals surface area contributed by atoms with E-state index in [1.807, 2.05) is 12.1 Å². The van der Waals surface area contributed by atoms with Crippen LogP contribution in [0.1, 0.15) is 31.7 Å². The molecular weight excluding hydrogens is 230 g/mol. The number of amides is 1. The van der Waals surface area contributed by atoms with E-state index in [0.717, 1.165) is 12.0 Å². The summed E-state index contributed by atoms with van der Waals surface area (Å²) in [6.07, 6.45) is 0.786. The zero-order chi connectivity index (χ0) is 13.3. The largest absolute Gasteiger partial charge is 0.508 e. The quantitative estimate of drug-likeness (QED) is 0.865. The van der Waals surface area contributed by atoms with E-state index in [-0.39, 0.29) is 29.4 Å². The molecule has 96 valence electrons. The molecule has 1 aliphatic rings. The number of phenolic OH excluding ortho intramolecular Hbond substituents is 1. The summed E-state index contributed by atoms with van der Waals surface area (Å²) in [5.74, 6) is 0.198. The molecule has 0 radical (unpaired) electrons. The van der Waals surface area contributed by atoms with Crippen molar-refractivity contribution in [3.8, 4) is 5.75 Å². The van der Waals surface area contributed by atoms with E-state index >= 15 is 0 Å². The summed E-state index contributed by atoms with van der Waals surface area (Å²) in [5.41, 5.74) is 0.997. The van der Waals surface area contributed by atoms with Crippen molar-refractivity contribution < 1.29 is 14.7 Å². The van der Waals surface area contributed by atoms with Gasteiger partial charge in [0.2, 0.25) is 5.91 Å². The number of aromatic hydroxyl groups is 1. The number of rotatable bonds is 2. The first-order valence-electron chi connectivity index (χ1n) is 6.07. The molecule has 2 atom stereocenters. The van der Waals surface area contributed by atoms with Gasteiger partial charge in [-0.1, -0.05) is 12.1 Å². The fourth-order valence-electron chi connectivity index (χ4n) is 2.72. The second-order valence-electron chi connectivity index (χ2n) is 4.75. The topological polar surface area (TPSA) is 57.6 Å². The number of nitrogens with zero attached hydrogens (tertiary/aromatic N) is 1.